The van der Waals surface area contributed by atoms with Gasteiger partial charge < -0.3 is 4.90 Å². The monoisotopic (exact) mass is 421 g/mol. The van der Waals surface area contributed by atoms with Crippen LogP contribution in [-0.2, 0) is 11.2 Å². The number of aryl methyl sites for hydroxylation is 2. The van der Waals surface area contributed by atoms with Crippen LogP contribution in [0.3, 0.4) is 0 Å². The smallest absolute Gasteiger partial charge is 0.226 e. The number of benzene rings is 1. The lowest BCUT2D eigenvalue weighted by atomic mass is 10.0. The zero-order valence-corrected chi connectivity index (χ0v) is 18.1. The van der Waals surface area contributed by atoms with Crippen molar-refractivity contribution < 1.29 is 9.59 Å². The van der Waals surface area contributed by atoms with Crippen LogP contribution in [0, 0.1) is 6.92 Å². The molecule has 0 aliphatic rings. The van der Waals surface area contributed by atoms with Crippen molar-refractivity contribution in [3.05, 3.63) is 76.8 Å². The first kappa shape index (κ1) is 21.7. The number of hydrogen-bond donors (Lipinski definition) is 0. The molecule has 0 spiro atoms. The van der Waals surface area contributed by atoms with Crippen molar-refractivity contribution in [1.82, 2.24) is 9.97 Å². The molecule has 0 atom stereocenters. The van der Waals surface area contributed by atoms with Crippen LogP contribution in [0.1, 0.15) is 41.5 Å². The van der Waals surface area contributed by atoms with Gasteiger partial charge in [0.25, 0.3) is 0 Å². The molecule has 0 bridgehead atoms. The second-order valence-electron chi connectivity index (χ2n) is 7.07. The maximum Gasteiger partial charge on any atom is 0.226 e. The third-order valence-corrected chi connectivity index (χ3v) is 5.43. The standard InChI is InChI=1S/C24H24ClN3O2/c1-4-24(30)28(3)19-9-10-20(21(25)14-19)18-7-11-22(27-15-18)23(29)12-8-17-6-5-13-26-16(17)2/h5-7,9-11,13-15H,4,8,12H2,1-3H3. The zero-order chi connectivity index (χ0) is 21.7. The number of anilines is 1. The molecule has 30 heavy (non-hydrogen) atoms. The Bertz CT molecular complexity index is 1060. The van der Waals surface area contributed by atoms with Gasteiger partial charge >= 0.3 is 0 Å². The normalized spacial score (nSPS) is 10.7. The number of amides is 1. The van der Waals surface area contributed by atoms with Crippen LogP contribution in [0.15, 0.2) is 54.9 Å². The molecule has 1 aromatic carbocycles. The van der Waals surface area contributed by atoms with Crippen LogP contribution in [-0.4, -0.2) is 28.7 Å². The van der Waals surface area contributed by atoms with E-state index in [4.69, 9.17) is 11.6 Å². The zero-order valence-electron chi connectivity index (χ0n) is 17.4. The van der Waals surface area contributed by atoms with Gasteiger partial charge in [0.1, 0.15) is 5.69 Å². The lowest BCUT2D eigenvalue weighted by Crippen LogP contribution is -2.24. The van der Waals surface area contributed by atoms with Crippen molar-refractivity contribution >= 4 is 29.0 Å². The molecule has 0 radical (unpaired) electrons. The highest BCUT2D eigenvalue weighted by atomic mass is 35.5. The number of carbonyl (C=O) groups excluding carboxylic acids is 2. The quantitative estimate of drug-likeness (QED) is 0.486. The summed E-state index contributed by atoms with van der Waals surface area (Å²) in [4.78, 5) is 34.6. The highest BCUT2D eigenvalue weighted by Crippen LogP contribution is 2.31. The molecule has 5 nitrogen and oxygen atoms in total. The van der Waals surface area contributed by atoms with Crippen LogP contribution in [0.5, 0.6) is 0 Å². The van der Waals surface area contributed by atoms with Crippen molar-refractivity contribution in [1.29, 1.82) is 0 Å². The topological polar surface area (TPSA) is 63.2 Å². The molecule has 0 N–H and O–H groups in total. The Labute approximate surface area is 181 Å². The van der Waals surface area contributed by atoms with Crippen molar-refractivity contribution in [2.24, 2.45) is 0 Å². The Balaban J connectivity index is 1.71. The fourth-order valence-corrected chi connectivity index (χ4v) is 3.49. The molecule has 154 valence electrons. The van der Waals surface area contributed by atoms with Crippen molar-refractivity contribution in [2.45, 2.75) is 33.1 Å². The minimum atomic E-state index is -0.00838. The summed E-state index contributed by atoms with van der Waals surface area (Å²) < 4.78 is 0. The van der Waals surface area contributed by atoms with Crippen LogP contribution in [0.25, 0.3) is 11.1 Å². The minimum absolute atomic E-state index is 0.00838. The van der Waals surface area contributed by atoms with E-state index in [1.54, 1.807) is 36.5 Å². The number of pyridine rings is 2. The molecular formula is C24H24ClN3O2. The number of aromatic nitrogens is 2. The van der Waals surface area contributed by atoms with E-state index < -0.39 is 0 Å². The second kappa shape index (κ2) is 9.63. The van der Waals surface area contributed by atoms with Gasteiger partial charge in [0, 0.05) is 54.8 Å². The van der Waals surface area contributed by atoms with Gasteiger partial charge in [-0.25, -0.2) is 0 Å². The summed E-state index contributed by atoms with van der Waals surface area (Å²) in [6.45, 7) is 3.76. The van der Waals surface area contributed by atoms with E-state index in [-0.39, 0.29) is 11.7 Å². The largest absolute Gasteiger partial charge is 0.315 e. The van der Waals surface area contributed by atoms with Gasteiger partial charge in [0.2, 0.25) is 5.91 Å². The predicted molar refractivity (Wildman–Crippen MR) is 120 cm³/mol. The average Bonchev–Trinajstić information content (AvgIpc) is 2.77. The Hall–Kier alpha value is -3.05. The SMILES string of the molecule is CCC(=O)N(C)c1ccc(-c2ccc(C(=O)CCc3cccnc3C)nc2)c(Cl)c1. The van der Waals surface area contributed by atoms with Gasteiger partial charge in [-0.1, -0.05) is 36.7 Å². The Morgan fingerprint density at radius 2 is 1.90 bits per heavy atom. The van der Waals surface area contributed by atoms with E-state index in [1.165, 1.54) is 0 Å². The maximum absolute atomic E-state index is 12.5. The molecule has 0 fully saturated rings. The Morgan fingerprint density at radius 1 is 1.10 bits per heavy atom. The van der Waals surface area contributed by atoms with Crippen LogP contribution < -0.4 is 4.90 Å². The summed E-state index contributed by atoms with van der Waals surface area (Å²) in [6.07, 6.45) is 4.85. The summed E-state index contributed by atoms with van der Waals surface area (Å²) in [7, 11) is 1.73. The van der Waals surface area contributed by atoms with E-state index in [0.717, 1.165) is 28.1 Å². The molecule has 6 heteroatoms. The first-order valence-corrected chi connectivity index (χ1v) is 10.2. The Kier molecular flexibility index (Phi) is 6.95. The fourth-order valence-electron chi connectivity index (χ4n) is 3.20. The summed E-state index contributed by atoms with van der Waals surface area (Å²) in [5.74, 6) is 0.00998. The van der Waals surface area contributed by atoms with E-state index in [1.807, 2.05) is 44.2 Å². The first-order chi connectivity index (χ1) is 14.4. The number of carbonyl (C=O) groups is 2. The summed E-state index contributed by atoms with van der Waals surface area (Å²) >= 11 is 6.45. The molecular weight excluding hydrogens is 398 g/mol. The van der Waals surface area contributed by atoms with Gasteiger partial charge in [0.15, 0.2) is 5.78 Å². The van der Waals surface area contributed by atoms with Crippen molar-refractivity contribution in [3.63, 3.8) is 0 Å². The van der Waals surface area contributed by atoms with E-state index in [2.05, 4.69) is 9.97 Å². The minimum Gasteiger partial charge on any atom is -0.315 e. The molecule has 0 aliphatic carbocycles. The third-order valence-electron chi connectivity index (χ3n) is 5.11. The maximum atomic E-state index is 12.5. The number of halogens is 1. The molecule has 0 saturated carbocycles. The molecule has 0 unspecified atom stereocenters. The average molecular weight is 422 g/mol. The molecule has 2 aromatic heterocycles. The highest BCUT2D eigenvalue weighted by molar-refractivity contribution is 6.33. The number of hydrogen-bond acceptors (Lipinski definition) is 4. The second-order valence-corrected chi connectivity index (χ2v) is 7.48. The molecule has 0 saturated heterocycles. The molecule has 3 aromatic rings. The van der Waals surface area contributed by atoms with Gasteiger partial charge in [0.05, 0.1) is 5.02 Å². The summed E-state index contributed by atoms with van der Waals surface area (Å²) in [5, 5.41) is 0.524. The molecule has 2 heterocycles. The van der Waals surface area contributed by atoms with Crippen LogP contribution >= 0.6 is 11.6 Å². The number of Topliss-reactive ketones (excluding diaryl/α,β-unsaturated/α-hetero) is 1. The molecule has 3 rings (SSSR count). The number of ketones is 1. The summed E-state index contributed by atoms with van der Waals surface area (Å²) in [5.41, 5.74) is 4.80. The fraction of sp³-hybridized carbons (Fsp3) is 0.250. The predicted octanol–water partition coefficient (Wildman–Crippen LogP) is 5.29. The van der Waals surface area contributed by atoms with Gasteiger partial charge in [-0.2, -0.15) is 0 Å². The highest BCUT2D eigenvalue weighted by Gasteiger charge is 2.13. The van der Waals surface area contributed by atoms with E-state index in [0.29, 0.717) is 30.0 Å². The van der Waals surface area contributed by atoms with Crippen molar-refractivity contribution in [3.8, 4) is 11.1 Å². The molecule has 1 amide bonds. The third kappa shape index (κ3) is 4.92. The van der Waals surface area contributed by atoms with Crippen LogP contribution in [0.4, 0.5) is 5.69 Å². The number of nitrogens with zero attached hydrogens (tertiary/aromatic N) is 3. The van der Waals surface area contributed by atoms with Gasteiger partial charge in [-0.3, -0.25) is 19.6 Å². The van der Waals surface area contributed by atoms with E-state index in [9.17, 15) is 9.59 Å². The van der Waals surface area contributed by atoms with Gasteiger partial charge in [-0.05, 0) is 43.2 Å². The Morgan fingerprint density at radius 3 is 2.53 bits per heavy atom. The van der Waals surface area contributed by atoms with Gasteiger partial charge in [-0.15, -0.1) is 0 Å². The first-order valence-electron chi connectivity index (χ1n) is 9.87. The van der Waals surface area contributed by atoms with Crippen LogP contribution in [0.2, 0.25) is 5.02 Å². The molecule has 0 aliphatic heterocycles. The van der Waals surface area contributed by atoms with E-state index >= 15 is 0 Å². The lowest BCUT2D eigenvalue weighted by Gasteiger charge is -2.17. The number of rotatable bonds is 7. The summed E-state index contributed by atoms with van der Waals surface area (Å²) in [6, 6.07) is 12.9. The van der Waals surface area contributed by atoms with Crippen molar-refractivity contribution in [2.75, 3.05) is 11.9 Å². The lowest BCUT2D eigenvalue weighted by molar-refractivity contribution is -0.118.